The number of carboxylic acid groups (broad SMARTS) is 1. The Morgan fingerprint density at radius 1 is 1.43 bits per heavy atom. The van der Waals surface area contributed by atoms with Crippen molar-refractivity contribution >= 4 is 28.2 Å². The summed E-state index contributed by atoms with van der Waals surface area (Å²) in [4.78, 5) is 25.1. The molecule has 0 atom stereocenters. The third-order valence-electron chi connectivity index (χ3n) is 4.18. The molecule has 0 saturated carbocycles. The van der Waals surface area contributed by atoms with Crippen LogP contribution in [0.2, 0.25) is 0 Å². The lowest BCUT2D eigenvalue weighted by atomic mass is 9.76. The van der Waals surface area contributed by atoms with Gasteiger partial charge in [-0.2, -0.15) is 5.10 Å². The van der Waals surface area contributed by atoms with Gasteiger partial charge in [0.05, 0.1) is 17.3 Å². The Hall–Kier alpha value is -2.15. The molecular weight excluding hydrogens is 314 g/mol. The highest BCUT2D eigenvalue weighted by Crippen LogP contribution is 2.43. The lowest BCUT2D eigenvalue weighted by Gasteiger charge is -2.29. The van der Waals surface area contributed by atoms with Gasteiger partial charge in [-0.25, -0.2) is 4.79 Å². The number of hydrogen-bond donors (Lipinski definition) is 2. The summed E-state index contributed by atoms with van der Waals surface area (Å²) in [5.41, 5.74) is 1.62. The van der Waals surface area contributed by atoms with E-state index in [4.69, 9.17) is 0 Å². The Kier molecular flexibility index (Phi) is 3.75. The fourth-order valence-corrected chi connectivity index (χ4v) is 4.15. The summed E-state index contributed by atoms with van der Waals surface area (Å²) in [5.74, 6) is -1.32. The van der Waals surface area contributed by atoms with Gasteiger partial charge < -0.3 is 10.4 Å². The highest BCUT2D eigenvalue weighted by atomic mass is 32.1. The number of nitrogens with one attached hydrogen (secondary N) is 1. The van der Waals surface area contributed by atoms with E-state index >= 15 is 0 Å². The van der Waals surface area contributed by atoms with Crippen LogP contribution >= 0.6 is 11.3 Å². The first kappa shape index (κ1) is 15.7. The van der Waals surface area contributed by atoms with Crippen LogP contribution in [0.3, 0.4) is 0 Å². The van der Waals surface area contributed by atoms with Gasteiger partial charge in [-0.05, 0) is 30.2 Å². The fraction of sp³-hybridized carbons (Fsp3) is 0.438. The summed E-state index contributed by atoms with van der Waals surface area (Å²) in [5, 5.41) is 16.7. The van der Waals surface area contributed by atoms with E-state index in [1.54, 1.807) is 13.2 Å². The smallest absolute Gasteiger partial charge is 0.339 e. The predicted octanol–water partition coefficient (Wildman–Crippen LogP) is 2.95. The molecule has 0 aromatic carbocycles. The van der Waals surface area contributed by atoms with Crippen molar-refractivity contribution in [3.05, 3.63) is 34.0 Å². The van der Waals surface area contributed by atoms with Gasteiger partial charge in [0.1, 0.15) is 5.00 Å². The number of thiophene rings is 1. The van der Waals surface area contributed by atoms with Gasteiger partial charge >= 0.3 is 5.97 Å². The second kappa shape index (κ2) is 5.49. The molecule has 1 aliphatic rings. The molecule has 23 heavy (non-hydrogen) atoms. The topological polar surface area (TPSA) is 84.2 Å². The van der Waals surface area contributed by atoms with Gasteiger partial charge in [-0.15, -0.1) is 11.3 Å². The van der Waals surface area contributed by atoms with Crippen molar-refractivity contribution in [2.75, 3.05) is 5.32 Å². The van der Waals surface area contributed by atoms with Crippen LogP contribution < -0.4 is 5.32 Å². The SMILES string of the molecule is Cn1cc(C(=O)Nc2sc3c(c2C(=O)O)CC(C)(C)CC3)cn1. The zero-order valence-electron chi connectivity index (χ0n) is 13.3. The molecular formula is C16H19N3O3S. The molecule has 0 radical (unpaired) electrons. The normalized spacial score (nSPS) is 16.0. The van der Waals surface area contributed by atoms with Crippen molar-refractivity contribution in [3.63, 3.8) is 0 Å². The number of fused-ring (bicyclic) bond motifs is 1. The standard InChI is InChI=1S/C16H19N3O3S/c1-16(2)5-4-11-10(6-16)12(15(21)22)14(23-11)18-13(20)9-7-17-19(3)8-9/h7-8H,4-6H2,1-3H3,(H,18,20)(H,21,22). The van der Waals surface area contributed by atoms with Crippen molar-refractivity contribution in [2.45, 2.75) is 33.1 Å². The van der Waals surface area contributed by atoms with Crippen LogP contribution in [0.1, 0.15) is 51.4 Å². The molecule has 6 nitrogen and oxygen atoms in total. The van der Waals surface area contributed by atoms with Crippen LogP contribution in [0.15, 0.2) is 12.4 Å². The second-order valence-corrected chi connectivity index (χ2v) is 7.82. The third kappa shape index (κ3) is 3.01. The second-order valence-electron chi connectivity index (χ2n) is 6.71. The number of carbonyl (C=O) groups excluding carboxylic acids is 1. The summed E-state index contributed by atoms with van der Waals surface area (Å²) >= 11 is 1.38. The molecule has 2 aromatic rings. The largest absolute Gasteiger partial charge is 0.478 e. The van der Waals surface area contributed by atoms with Crippen molar-refractivity contribution < 1.29 is 14.7 Å². The first-order chi connectivity index (χ1) is 10.8. The quantitative estimate of drug-likeness (QED) is 0.904. The number of nitrogens with zero attached hydrogens (tertiary/aromatic N) is 2. The van der Waals surface area contributed by atoms with Crippen LogP contribution in [-0.4, -0.2) is 26.8 Å². The molecule has 3 rings (SSSR count). The fourth-order valence-electron chi connectivity index (χ4n) is 2.95. The lowest BCUT2D eigenvalue weighted by Crippen LogP contribution is -2.22. The minimum atomic E-state index is -0.985. The maximum Gasteiger partial charge on any atom is 0.339 e. The summed E-state index contributed by atoms with van der Waals surface area (Å²) in [6.07, 6.45) is 5.67. The molecule has 0 fully saturated rings. The Labute approximate surface area is 138 Å². The maximum absolute atomic E-state index is 12.3. The van der Waals surface area contributed by atoms with Gasteiger partial charge in [-0.1, -0.05) is 13.8 Å². The Balaban J connectivity index is 1.95. The molecule has 2 heterocycles. The summed E-state index contributed by atoms with van der Waals surface area (Å²) < 4.78 is 1.54. The highest BCUT2D eigenvalue weighted by molar-refractivity contribution is 7.17. The van der Waals surface area contributed by atoms with Crippen LogP contribution in [0.4, 0.5) is 5.00 Å². The number of amides is 1. The number of aromatic nitrogens is 2. The lowest BCUT2D eigenvalue weighted by molar-refractivity contribution is 0.0696. The first-order valence-electron chi connectivity index (χ1n) is 7.45. The van der Waals surface area contributed by atoms with Crippen LogP contribution in [0.5, 0.6) is 0 Å². The molecule has 1 aliphatic carbocycles. The average Bonchev–Trinajstić information content (AvgIpc) is 3.01. The number of aryl methyl sites for hydroxylation is 2. The molecule has 2 N–H and O–H groups in total. The van der Waals surface area contributed by atoms with Gasteiger partial charge in [0.2, 0.25) is 0 Å². The molecule has 1 amide bonds. The minimum absolute atomic E-state index is 0.0862. The number of rotatable bonds is 3. The highest BCUT2D eigenvalue weighted by Gasteiger charge is 2.33. The number of carboxylic acids is 1. The maximum atomic E-state index is 12.3. The van der Waals surface area contributed by atoms with E-state index in [0.717, 1.165) is 29.7 Å². The van der Waals surface area contributed by atoms with Crippen molar-refractivity contribution in [3.8, 4) is 0 Å². The van der Waals surface area contributed by atoms with Crippen LogP contribution in [-0.2, 0) is 19.9 Å². The molecule has 2 aromatic heterocycles. The van der Waals surface area contributed by atoms with E-state index < -0.39 is 5.97 Å². The van der Waals surface area contributed by atoms with E-state index in [1.165, 1.54) is 22.2 Å². The summed E-state index contributed by atoms with van der Waals surface area (Å²) in [6.45, 7) is 4.29. The third-order valence-corrected chi connectivity index (χ3v) is 5.39. The van der Waals surface area contributed by atoms with E-state index in [-0.39, 0.29) is 16.9 Å². The zero-order chi connectivity index (χ0) is 16.8. The van der Waals surface area contributed by atoms with Gasteiger partial charge in [0.15, 0.2) is 0 Å². The molecule has 0 spiro atoms. The van der Waals surface area contributed by atoms with E-state index in [1.807, 2.05) is 0 Å². The summed E-state index contributed by atoms with van der Waals surface area (Å²) in [7, 11) is 1.73. The van der Waals surface area contributed by atoms with Gasteiger partial charge in [-0.3, -0.25) is 9.48 Å². The van der Waals surface area contributed by atoms with Gasteiger partial charge in [0.25, 0.3) is 5.91 Å². The Bertz CT molecular complexity index is 789. The van der Waals surface area contributed by atoms with Crippen molar-refractivity contribution in [2.24, 2.45) is 12.5 Å². The van der Waals surface area contributed by atoms with E-state index in [0.29, 0.717) is 10.6 Å². The molecule has 122 valence electrons. The van der Waals surface area contributed by atoms with E-state index in [2.05, 4.69) is 24.3 Å². The molecule has 0 saturated heterocycles. The Morgan fingerprint density at radius 2 is 2.17 bits per heavy atom. The molecule has 0 aliphatic heterocycles. The number of hydrogen-bond acceptors (Lipinski definition) is 4. The molecule has 0 bridgehead atoms. The Morgan fingerprint density at radius 3 is 2.78 bits per heavy atom. The summed E-state index contributed by atoms with van der Waals surface area (Å²) in [6, 6.07) is 0. The minimum Gasteiger partial charge on any atom is -0.478 e. The zero-order valence-corrected chi connectivity index (χ0v) is 14.2. The number of anilines is 1. The van der Waals surface area contributed by atoms with Crippen LogP contribution in [0.25, 0.3) is 0 Å². The van der Waals surface area contributed by atoms with Crippen molar-refractivity contribution in [1.29, 1.82) is 0 Å². The predicted molar refractivity (Wildman–Crippen MR) is 88.2 cm³/mol. The average molecular weight is 333 g/mol. The number of aromatic carboxylic acids is 1. The number of carbonyl (C=O) groups is 2. The first-order valence-corrected chi connectivity index (χ1v) is 8.26. The monoisotopic (exact) mass is 333 g/mol. The van der Waals surface area contributed by atoms with Gasteiger partial charge in [0, 0.05) is 18.1 Å². The van der Waals surface area contributed by atoms with Crippen molar-refractivity contribution in [1.82, 2.24) is 9.78 Å². The van der Waals surface area contributed by atoms with Crippen LogP contribution in [0, 0.1) is 5.41 Å². The molecule has 7 heteroatoms. The molecule has 0 unspecified atom stereocenters. The van der Waals surface area contributed by atoms with E-state index in [9.17, 15) is 14.7 Å².